The van der Waals surface area contributed by atoms with Crippen LogP contribution in [0.4, 0.5) is 5.69 Å². The van der Waals surface area contributed by atoms with Gasteiger partial charge in [-0.3, -0.25) is 4.79 Å². The molecule has 2 aromatic rings. The predicted molar refractivity (Wildman–Crippen MR) is 113 cm³/mol. The third-order valence-corrected chi connectivity index (χ3v) is 5.72. The second-order valence-electron chi connectivity index (χ2n) is 7.68. The molecule has 0 saturated carbocycles. The molecule has 0 unspecified atom stereocenters. The van der Waals surface area contributed by atoms with Crippen LogP contribution in [0.3, 0.4) is 0 Å². The van der Waals surface area contributed by atoms with Crippen LogP contribution in [-0.2, 0) is 4.79 Å². The Morgan fingerprint density at radius 1 is 1.07 bits per heavy atom. The van der Waals surface area contributed by atoms with Gasteiger partial charge in [0.05, 0.1) is 32.7 Å². The topological polar surface area (TPSA) is 46.5 Å². The SMILES string of the molecule is CCN(C[C@@H]1COc2ccccc2O1)C(=O)C[NH+]1CCN(c2ccccc2)CC1. The second-order valence-corrected chi connectivity index (χ2v) is 7.68. The monoisotopic (exact) mass is 396 g/mol. The molecule has 1 fully saturated rings. The van der Waals surface area contributed by atoms with E-state index >= 15 is 0 Å². The number of ether oxygens (including phenoxy) is 2. The zero-order valence-electron chi connectivity index (χ0n) is 17.0. The van der Waals surface area contributed by atoms with E-state index in [1.165, 1.54) is 10.6 Å². The van der Waals surface area contributed by atoms with Gasteiger partial charge in [-0.05, 0) is 31.2 Å². The third-order valence-electron chi connectivity index (χ3n) is 5.72. The molecule has 2 aromatic carbocycles. The summed E-state index contributed by atoms with van der Waals surface area (Å²) in [6, 6.07) is 18.2. The van der Waals surface area contributed by atoms with E-state index in [1.807, 2.05) is 42.2 Å². The number of carbonyl (C=O) groups excluding carboxylic acids is 1. The second kappa shape index (κ2) is 9.18. The lowest BCUT2D eigenvalue weighted by atomic mass is 10.2. The number of nitrogens with one attached hydrogen (secondary N) is 1. The van der Waals surface area contributed by atoms with Crippen molar-refractivity contribution in [2.75, 3.05) is 57.3 Å². The van der Waals surface area contributed by atoms with E-state index in [9.17, 15) is 4.79 Å². The predicted octanol–water partition coefficient (Wildman–Crippen LogP) is 1.08. The molecule has 6 nitrogen and oxygen atoms in total. The number of hydrogen-bond acceptors (Lipinski definition) is 4. The largest absolute Gasteiger partial charge is 0.486 e. The average molecular weight is 397 g/mol. The number of quaternary nitrogens is 1. The molecular weight excluding hydrogens is 366 g/mol. The number of nitrogens with zero attached hydrogens (tertiary/aromatic N) is 2. The summed E-state index contributed by atoms with van der Waals surface area (Å²) in [5, 5.41) is 0. The Bertz CT molecular complexity index is 806. The lowest BCUT2D eigenvalue weighted by molar-refractivity contribution is -0.892. The van der Waals surface area contributed by atoms with Crippen LogP contribution in [-0.4, -0.2) is 69.3 Å². The van der Waals surface area contributed by atoms with E-state index in [0.717, 1.165) is 37.7 Å². The maximum atomic E-state index is 12.9. The lowest BCUT2D eigenvalue weighted by Crippen LogP contribution is -3.16. The molecule has 4 rings (SSSR count). The van der Waals surface area contributed by atoms with Gasteiger partial charge in [0.1, 0.15) is 6.61 Å². The maximum absolute atomic E-state index is 12.9. The van der Waals surface area contributed by atoms with E-state index in [1.54, 1.807) is 0 Å². The van der Waals surface area contributed by atoms with E-state index in [0.29, 0.717) is 26.2 Å². The van der Waals surface area contributed by atoms with E-state index in [4.69, 9.17) is 9.47 Å². The minimum atomic E-state index is -0.126. The van der Waals surface area contributed by atoms with Crippen LogP contribution in [0.15, 0.2) is 54.6 Å². The van der Waals surface area contributed by atoms with Crippen molar-refractivity contribution in [2.45, 2.75) is 13.0 Å². The Morgan fingerprint density at radius 2 is 1.76 bits per heavy atom. The Kier molecular flexibility index (Phi) is 6.20. The molecular formula is C23H30N3O3+. The average Bonchev–Trinajstić information content (AvgIpc) is 2.78. The summed E-state index contributed by atoms with van der Waals surface area (Å²) in [7, 11) is 0. The molecule has 1 N–H and O–H groups in total. The van der Waals surface area contributed by atoms with Crippen LogP contribution in [0, 0.1) is 0 Å². The Balaban J connectivity index is 1.26. The van der Waals surface area contributed by atoms with Crippen LogP contribution in [0.25, 0.3) is 0 Å². The molecule has 2 aliphatic rings. The Morgan fingerprint density at radius 3 is 2.48 bits per heavy atom. The minimum absolute atomic E-state index is 0.126. The molecule has 0 radical (unpaired) electrons. The number of rotatable bonds is 6. The molecule has 2 aliphatic heterocycles. The molecule has 0 aromatic heterocycles. The summed E-state index contributed by atoms with van der Waals surface area (Å²) in [5.41, 5.74) is 1.27. The molecule has 154 valence electrons. The van der Waals surface area contributed by atoms with Gasteiger partial charge in [-0.15, -0.1) is 0 Å². The number of amides is 1. The van der Waals surface area contributed by atoms with Gasteiger partial charge in [-0.2, -0.15) is 0 Å². The highest BCUT2D eigenvalue weighted by molar-refractivity contribution is 5.77. The summed E-state index contributed by atoms with van der Waals surface area (Å²) in [4.78, 5) is 18.6. The van der Waals surface area contributed by atoms with Gasteiger partial charge in [0.25, 0.3) is 5.91 Å². The Hall–Kier alpha value is -2.73. The van der Waals surface area contributed by atoms with Crippen molar-refractivity contribution in [3.63, 3.8) is 0 Å². The minimum Gasteiger partial charge on any atom is -0.486 e. The van der Waals surface area contributed by atoms with Crippen LogP contribution in [0.5, 0.6) is 11.5 Å². The lowest BCUT2D eigenvalue weighted by Gasteiger charge is -2.35. The van der Waals surface area contributed by atoms with Crippen molar-refractivity contribution >= 4 is 11.6 Å². The number of carbonyl (C=O) groups is 1. The molecule has 1 amide bonds. The molecule has 2 heterocycles. The summed E-state index contributed by atoms with van der Waals surface area (Å²) >= 11 is 0. The van der Waals surface area contributed by atoms with Crippen molar-refractivity contribution < 1.29 is 19.2 Å². The summed E-state index contributed by atoms with van der Waals surface area (Å²) < 4.78 is 11.8. The zero-order valence-corrected chi connectivity index (χ0v) is 17.0. The van der Waals surface area contributed by atoms with Gasteiger partial charge in [-0.25, -0.2) is 0 Å². The van der Waals surface area contributed by atoms with Crippen molar-refractivity contribution in [1.82, 2.24) is 4.90 Å². The summed E-state index contributed by atoms with van der Waals surface area (Å²) in [6.45, 7) is 8.21. The molecule has 1 saturated heterocycles. The highest BCUT2D eigenvalue weighted by Gasteiger charge is 2.28. The van der Waals surface area contributed by atoms with Gasteiger partial charge in [-0.1, -0.05) is 30.3 Å². The number of benzene rings is 2. The van der Waals surface area contributed by atoms with E-state index in [-0.39, 0.29) is 12.0 Å². The highest BCUT2D eigenvalue weighted by Crippen LogP contribution is 2.31. The van der Waals surface area contributed by atoms with Gasteiger partial charge < -0.3 is 24.2 Å². The van der Waals surface area contributed by atoms with Crippen molar-refractivity contribution in [2.24, 2.45) is 0 Å². The van der Waals surface area contributed by atoms with Crippen molar-refractivity contribution in [3.8, 4) is 11.5 Å². The first-order valence-corrected chi connectivity index (χ1v) is 10.5. The van der Waals surface area contributed by atoms with E-state index < -0.39 is 0 Å². The number of anilines is 1. The summed E-state index contributed by atoms with van der Waals surface area (Å²) in [5.74, 6) is 1.73. The van der Waals surface area contributed by atoms with Crippen molar-refractivity contribution in [1.29, 1.82) is 0 Å². The normalized spacial score (nSPS) is 19.1. The first-order chi connectivity index (χ1) is 14.2. The van der Waals surface area contributed by atoms with E-state index in [2.05, 4.69) is 29.2 Å². The van der Waals surface area contributed by atoms with Crippen LogP contribution >= 0.6 is 0 Å². The molecule has 0 bridgehead atoms. The van der Waals surface area contributed by atoms with Gasteiger partial charge in [0.2, 0.25) is 0 Å². The van der Waals surface area contributed by atoms with Crippen LogP contribution in [0.1, 0.15) is 6.92 Å². The van der Waals surface area contributed by atoms with Crippen LogP contribution in [0.2, 0.25) is 0 Å². The van der Waals surface area contributed by atoms with Gasteiger partial charge >= 0.3 is 0 Å². The highest BCUT2D eigenvalue weighted by atomic mass is 16.6. The molecule has 6 heteroatoms. The smallest absolute Gasteiger partial charge is 0.277 e. The number of hydrogen-bond donors (Lipinski definition) is 1. The maximum Gasteiger partial charge on any atom is 0.277 e. The molecule has 0 aliphatic carbocycles. The number of likely N-dealkylation sites (N-methyl/N-ethyl adjacent to an activating group) is 1. The third kappa shape index (κ3) is 4.82. The first-order valence-electron chi connectivity index (χ1n) is 10.5. The fourth-order valence-electron chi connectivity index (χ4n) is 4.03. The quantitative estimate of drug-likeness (QED) is 0.794. The molecule has 29 heavy (non-hydrogen) atoms. The number of fused-ring (bicyclic) bond motifs is 1. The number of piperazine rings is 1. The molecule has 0 spiro atoms. The van der Waals surface area contributed by atoms with Gasteiger partial charge in [0, 0.05) is 12.2 Å². The fraction of sp³-hybridized carbons (Fsp3) is 0.435. The number of para-hydroxylation sites is 3. The first kappa shape index (κ1) is 19.6. The molecule has 1 atom stereocenters. The van der Waals surface area contributed by atoms with Gasteiger partial charge in [0.15, 0.2) is 24.1 Å². The fourth-order valence-corrected chi connectivity index (χ4v) is 4.03. The summed E-state index contributed by atoms with van der Waals surface area (Å²) in [6.07, 6.45) is -0.126. The van der Waals surface area contributed by atoms with Crippen molar-refractivity contribution in [3.05, 3.63) is 54.6 Å². The standard InChI is InChI=1S/C23H29N3O3/c1-2-25(16-20-18-28-21-10-6-7-11-22(21)29-20)23(27)17-24-12-14-26(15-13-24)19-8-4-3-5-9-19/h3-11,20H,2,12-18H2,1H3/p+1/t20-/m1/s1. The Labute approximate surface area is 172 Å². The zero-order chi connectivity index (χ0) is 20.1. The van der Waals surface area contributed by atoms with Crippen LogP contribution < -0.4 is 19.3 Å².